The van der Waals surface area contributed by atoms with E-state index in [9.17, 15) is 14.4 Å². The van der Waals surface area contributed by atoms with E-state index in [2.05, 4.69) is 4.74 Å². The molecule has 6 heteroatoms. The summed E-state index contributed by atoms with van der Waals surface area (Å²) in [7, 11) is 1.22. The van der Waals surface area contributed by atoms with Gasteiger partial charge in [-0.05, 0) is 37.2 Å². The molecule has 1 heterocycles. The van der Waals surface area contributed by atoms with Crippen LogP contribution in [-0.4, -0.2) is 35.2 Å². The van der Waals surface area contributed by atoms with Crippen molar-refractivity contribution in [3.05, 3.63) is 40.3 Å². The molecule has 5 nitrogen and oxygen atoms in total. The molecular formula is C15H15NO4S. The monoisotopic (exact) mass is 305 g/mol. The molecule has 2 rings (SSSR count). The molecule has 2 amide bonds. The molecular weight excluding hydrogens is 290 g/mol. The average Bonchev–Trinajstić information content (AvgIpc) is 2.72. The van der Waals surface area contributed by atoms with Crippen molar-refractivity contribution >= 4 is 35.0 Å². The Morgan fingerprint density at radius 3 is 2.71 bits per heavy atom. The van der Waals surface area contributed by atoms with E-state index in [0.29, 0.717) is 4.91 Å². The van der Waals surface area contributed by atoms with Crippen LogP contribution in [0.2, 0.25) is 0 Å². The lowest BCUT2D eigenvalue weighted by atomic mass is 10.1. The molecule has 1 fully saturated rings. The van der Waals surface area contributed by atoms with E-state index in [4.69, 9.17) is 0 Å². The van der Waals surface area contributed by atoms with Crippen LogP contribution >= 0.6 is 11.8 Å². The highest BCUT2D eigenvalue weighted by atomic mass is 32.2. The van der Waals surface area contributed by atoms with Crippen LogP contribution in [0, 0.1) is 6.92 Å². The summed E-state index contributed by atoms with van der Waals surface area (Å²) in [5.41, 5.74) is 1.90. The Labute approximate surface area is 127 Å². The molecule has 1 aromatic rings. The minimum atomic E-state index is -0.925. The van der Waals surface area contributed by atoms with Crippen molar-refractivity contribution < 1.29 is 19.1 Å². The summed E-state index contributed by atoms with van der Waals surface area (Å²) >= 11 is 0.829. The molecule has 1 saturated heterocycles. The third kappa shape index (κ3) is 3.16. The second-order valence-electron chi connectivity index (χ2n) is 4.66. The molecule has 1 aromatic carbocycles. The number of thioether (sulfide) groups is 1. The summed E-state index contributed by atoms with van der Waals surface area (Å²) < 4.78 is 4.58. The summed E-state index contributed by atoms with van der Waals surface area (Å²) in [5, 5.41) is -0.461. The Morgan fingerprint density at radius 1 is 1.38 bits per heavy atom. The zero-order valence-corrected chi connectivity index (χ0v) is 12.8. The van der Waals surface area contributed by atoms with Gasteiger partial charge in [0.2, 0.25) is 0 Å². The van der Waals surface area contributed by atoms with Gasteiger partial charge in [-0.2, -0.15) is 0 Å². The molecule has 21 heavy (non-hydrogen) atoms. The quantitative estimate of drug-likeness (QED) is 0.634. The van der Waals surface area contributed by atoms with E-state index in [0.717, 1.165) is 27.8 Å². The highest BCUT2D eigenvalue weighted by Crippen LogP contribution is 2.33. The van der Waals surface area contributed by atoms with Gasteiger partial charge in [0.25, 0.3) is 11.1 Å². The van der Waals surface area contributed by atoms with Crippen molar-refractivity contribution in [2.45, 2.75) is 19.9 Å². The lowest BCUT2D eigenvalue weighted by Crippen LogP contribution is -2.42. The number of carbonyl (C=O) groups excluding carboxylic acids is 3. The van der Waals surface area contributed by atoms with E-state index in [-0.39, 0.29) is 0 Å². The van der Waals surface area contributed by atoms with E-state index in [1.165, 1.54) is 14.0 Å². The third-order valence-corrected chi connectivity index (χ3v) is 3.98. The zero-order valence-electron chi connectivity index (χ0n) is 12.0. The number of aryl methyl sites for hydroxylation is 1. The van der Waals surface area contributed by atoms with E-state index in [1.54, 1.807) is 6.08 Å². The van der Waals surface area contributed by atoms with Gasteiger partial charge in [0, 0.05) is 0 Å². The predicted octanol–water partition coefficient (Wildman–Crippen LogP) is 2.59. The fourth-order valence-corrected chi connectivity index (χ4v) is 2.91. The van der Waals surface area contributed by atoms with Gasteiger partial charge < -0.3 is 4.74 Å². The number of hydrogen-bond donors (Lipinski definition) is 0. The van der Waals surface area contributed by atoms with Gasteiger partial charge in [0.05, 0.1) is 12.0 Å². The van der Waals surface area contributed by atoms with Crippen LogP contribution in [0.15, 0.2) is 29.2 Å². The Morgan fingerprint density at radius 2 is 2.10 bits per heavy atom. The van der Waals surface area contributed by atoms with Crippen LogP contribution in [0.1, 0.15) is 18.1 Å². The minimum Gasteiger partial charge on any atom is -0.467 e. The molecule has 0 spiro atoms. The van der Waals surface area contributed by atoms with Crippen LogP contribution in [-0.2, 0) is 14.3 Å². The summed E-state index contributed by atoms with van der Waals surface area (Å²) in [6.07, 6.45) is 1.65. The van der Waals surface area contributed by atoms with Gasteiger partial charge in [-0.25, -0.2) is 4.79 Å². The number of esters is 1. The first-order chi connectivity index (χ1) is 9.93. The molecule has 0 N–H and O–H groups in total. The SMILES string of the molecule is COC(=O)[C@H](C)N1C(=O)S/C(=C/c2cccc(C)c2)C1=O. The fourth-order valence-electron chi connectivity index (χ4n) is 2.00. The first-order valence-corrected chi connectivity index (χ1v) is 7.17. The molecule has 1 atom stereocenters. The molecule has 0 radical (unpaired) electrons. The van der Waals surface area contributed by atoms with Crippen molar-refractivity contribution in [2.75, 3.05) is 7.11 Å². The van der Waals surface area contributed by atoms with Crippen molar-refractivity contribution in [1.82, 2.24) is 4.90 Å². The fraction of sp³-hybridized carbons (Fsp3) is 0.267. The van der Waals surface area contributed by atoms with Gasteiger partial charge in [-0.3, -0.25) is 14.5 Å². The lowest BCUT2D eigenvalue weighted by Gasteiger charge is -2.18. The molecule has 0 unspecified atom stereocenters. The van der Waals surface area contributed by atoms with Crippen LogP contribution in [0.5, 0.6) is 0 Å². The minimum absolute atomic E-state index is 0.307. The highest BCUT2D eigenvalue weighted by Gasteiger charge is 2.41. The second kappa shape index (κ2) is 6.13. The second-order valence-corrected chi connectivity index (χ2v) is 5.66. The number of carbonyl (C=O) groups is 3. The van der Waals surface area contributed by atoms with Crippen molar-refractivity contribution in [1.29, 1.82) is 0 Å². The summed E-state index contributed by atoms with van der Waals surface area (Å²) in [6.45, 7) is 3.42. The first-order valence-electron chi connectivity index (χ1n) is 6.35. The summed E-state index contributed by atoms with van der Waals surface area (Å²) in [4.78, 5) is 36.9. The van der Waals surface area contributed by atoms with E-state index in [1.807, 2.05) is 31.2 Å². The maximum Gasteiger partial charge on any atom is 0.328 e. The number of benzene rings is 1. The van der Waals surface area contributed by atoms with Gasteiger partial charge in [0.1, 0.15) is 6.04 Å². The standard InChI is InChI=1S/C15H15NO4S/c1-9-5-4-6-11(7-9)8-12-13(17)16(15(19)21-12)10(2)14(18)20-3/h4-8,10H,1-3H3/b12-8+/t10-/m0/s1. The lowest BCUT2D eigenvalue weighted by molar-refractivity contribution is -0.148. The highest BCUT2D eigenvalue weighted by molar-refractivity contribution is 8.18. The average molecular weight is 305 g/mol. The molecule has 0 aliphatic carbocycles. The Kier molecular flexibility index (Phi) is 4.47. The number of rotatable bonds is 3. The maximum absolute atomic E-state index is 12.3. The van der Waals surface area contributed by atoms with Gasteiger partial charge in [-0.1, -0.05) is 29.8 Å². The number of amides is 2. The Hall–Kier alpha value is -2.08. The predicted molar refractivity (Wildman–Crippen MR) is 80.5 cm³/mol. The van der Waals surface area contributed by atoms with Gasteiger partial charge in [-0.15, -0.1) is 0 Å². The number of imide groups is 1. The molecule has 0 saturated carbocycles. The van der Waals surface area contributed by atoms with Crippen molar-refractivity contribution in [3.63, 3.8) is 0 Å². The molecule has 1 aliphatic rings. The van der Waals surface area contributed by atoms with Gasteiger partial charge in [0.15, 0.2) is 0 Å². The molecule has 1 aliphatic heterocycles. The topological polar surface area (TPSA) is 63.7 Å². The molecule has 0 bridgehead atoms. The largest absolute Gasteiger partial charge is 0.467 e. The van der Waals surface area contributed by atoms with Crippen molar-refractivity contribution in [2.24, 2.45) is 0 Å². The van der Waals surface area contributed by atoms with Crippen LogP contribution < -0.4 is 0 Å². The zero-order chi connectivity index (χ0) is 15.6. The maximum atomic E-state index is 12.3. The number of methoxy groups -OCH3 is 1. The first kappa shape index (κ1) is 15.3. The number of nitrogens with zero attached hydrogens (tertiary/aromatic N) is 1. The number of ether oxygens (including phenoxy) is 1. The van der Waals surface area contributed by atoms with Crippen LogP contribution in [0.25, 0.3) is 6.08 Å². The van der Waals surface area contributed by atoms with E-state index < -0.39 is 23.2 Å². The van der Waals surface area contributed by atoms with E-state index >= 15 is 0 Å². The Bertz CT molecular complexity index is 638. The summed E-state index contributed by atoms with van der Waals surface area (Å²) in [6, 6.07) is 6.67. The normalized spacial score (nSPS) is 18.2. The summed E-state index contributed by atoms with van der Waals surface area (Å²) in [5.74, 6) is -1.08. The molecule has 110 valence electrons. The third-order valence-electron chi connectivity index (χ3n) is 3.09. The molecule has 0 aromatic heterocycles. The van der Waals surface area contributed by atoms with Crippen LogP contribution in [0.3, 0.4) is 0 Å². The smallest absolute Gasteiger partial charge is 0.328 e. The Balaban J connectivity index is 2.28. The van der Waals surface area contributed by atoms with Gasteiger partial charge >= 0.3 is 5.97 Å². The van der Waals surface area contributed by atoms with Crippen LogP contribution in [0.4, 0.5) is 4.79 Å². The number of hydrogen-bond acceptors (Lipinski definition) is 5. The van der Waals surface area contributed by atoms with Crippen molar-refractivity contribution in [3.8, 4) is 0 Å².